The highest BCUT2D eigenvalue weighted by Gasteiger charge is 2.17. The minimum atomic E-state index is -0.224. The van der Waals surface area contributed by atoms with E-state index in [1.807, 2.05) is 0 Å². The third-order valence-corrected chi connectivity index (χ3v) is 2.63. The molecule has 0 saturated heterocycles. The number of carbonyl (C=O) groups excluding carboxylic acids is 1. The minimum absolute atomic E-state index is 0.224. The molecule has 0 N–H and O–H groups in total. The molecule has 0 aliphatic heterocycles. The lowest BCUT2D eigenvalue weighted by Gasteiger charge is -2.13. The highest BCUT2D eigenvalue weighted by molar-refractivity contribution is 9.10. The number of nitrogens with zero attached hydrogens (tertiary/aromatic N) is 2. The first-order valence-corrected chi connectivity index (χ1v) is 5.78. The normalized spacial score (nSPS) is 10.5. The molecule has 0 fully saturated rings. The van der Waals surface area contributed by atoms with Gasteiger partial charge in [0, 0.05) is 13.1 Å². The summed E-state index contributed by atoms with van der Waals surface area (Å²) in [6.45, 7) is 2.15. The van der Waals surface area contributed by atoms with Gasteiger partial charge in [0.2, 0.25) is 5.76 Å². The summed E-state index contributed by atoms with van der Waals surface area (Å²) in [5.41, 5.74) is 0.683. The fraction of sp³-hybridized carbons (Fsp3) is 0.273. The summed E-state index contributed by atoms with van der Waals surface area (Å²) in [4.78, 5) is 13.4. The summed E-state index contributed by atoms with van der Waals surface area (Å²) in [6, 6.07) is 5.20. The van der Waals surface area contributed by atoms with E-state index in [4.69, 9.17) is 8.94 Å². The molecular formula is C11H11BrN2O3. The lowest BCUT2D eigenvalue weighted by molar-refractivity contribution is 0.0733. The third-order valence-electron chi connectivity index (χ3n) is 2.21. The average molecular weight is 299 g/mol. The Morgan fingerprint density at radius 1 is 1.53 bits per heavy atom. The fourth-order valence-electron chi connectivity index (χ4n) is 1.39. The van der Waals surface area contributed by atoms with E-state index in [1.165, 1.54) is 4.90 Å². The van der Waals surface area contributed by atoms with Crippen LogP contribution < -0.4 is 0 Å². The predicted octanol–water partition coefficient (Wildman–Crippen LogP) is 2.61. The molecule has 0 unspecified atom stereocenters. The smallest absolute Gasteiger partial charge is 0.292 e. The van der Waals surface area contributed by atoms with E-state index in [9.17, 15) is 4.79 Å². The Morgan fingerprint density at radius 2 is 2.29 bits per heavy atom. The predicted molar refractivity (Wildman–Crippen MR) is 63.4 cm³/mol. The summed E-state index contributed by atoms with van der Waals surface area (Å²) < 4.78 is 10.9. The van der Waals surface area contributed by atoms with Crippen LogP contribution in [-0.2, 0) is 6.54 Å². The Balaban J connectivity index is 2.05. The average Bonchev–Trinajstić information content (AvgIpc) is 2.87. The zero-order valence-corrected chi connectivity index (χ0v) is 11.0. The summed E-state index contributed by atoms with van der Waals surface area (Å²) in [6.07, 6.45) is 0. The van der Waals surface area contributed by atoms with Crippen LogP contribution in [0.2, 0.25) is 0 Å². The molecule has 17 heavy (non-hydrogen) atoms. The van der Waals surface area contributed by atoms with Crippen molar-refractivity contribution < 1.29 is 13.7 Å². The third kappa shape index (κ3) is 2.76. The van der Waals surface area contributed by atoms with Gasteiger partial charge in [-0.25, -0.2) is 0 Å². The van der Waals surface area contributed by atoms with Crippen molar-refractivity contribution in [1.82, 2.24) is 10.1 Å². The number of amides is 1. The van der Waals surface area contributed by atoms with Crippen molar-refractivity contribution in [2.24, 2.45) is 0 Å². The number of furan rings is 1. The van der Waals surface area contributed by atoms with E-state index < -0.39 is 0 Å². The highest BCUT2D eigenvalue weighted by atomic mass is 79.9. The van der Waals surface area contributed by atoms with Crippen molar-refractivity contribution in [2.75, 3.05) is 7.05 Å². The van der Waals surface area contributed by atoms with Crippen molar-refractivity contribution in [2.45, 2.75) is 13.5 Å². The van der Waals surface area contributed by atoms with Crippen LogP contribution in [0.1, 0.15) is 22.0 Å². The molecule has 0 bridgehead atoms. The molecule has 90 valence electrons. The van der Waals surface area contributed by atoms with Gasteiger partial charge in [-0.2, -0.15) is 0 Å². The molecule has 0 atom stereocenters. The van der Waals surface area contributed by atoms with Crippen LogP contribution in [0.3, 0.4) is 0 Å². The van der Waals surface area contributed by atoms with Crippen molar-refractivity contribution >= 4 is 21.8 Å². The number of hydrogen-bond acceptors (Lipinski definition) is 4. The fourth-order valence-corrected chi connectivity index (χ4v) is 1.73. The van der Waals surface area contributed by atoms with Gasteiger partial charge in [-0.3, -0.25) is 4.79 Å². The maximum absolute atomic E-state index is 11.9. The van der Waals surface area contributed by atoms with Crippen LogP contribution >= 0.6 is 15.9 Å². The Morgan fingerprint density at radius 3 is 2.82 bits per heavy atom. The van der Waals surface area contributed by atoms with Gasteiger partial charge in [0.05, 0.1) is 12.2 Å². The highest BCUT2D eigenvalue weighted by Crippen LogP contribution is 2.16. The molecule has 2 aromatic heterocycles. The number of carbonyl (C=O) groups is 1. The van der Waals surface area contributed by atoms with Crippen LogP contribution in [0.15, 0.2) is 31.8 Å². The van der Waals surface area contributed by atoms with Gasteiger partial charge in [0.15, 0.2) is 4.67 Å². The minimum Gasteiger partial charge on any atom is -0.452 e. The standard InChI is InChI=1S/C11H11BrN2O3/c1-7-5-9(17-13-7)11(15)14(2)6-8-3-4-10(12)16-8/h3-5H,6H2,1-2H3. The SMILES string of the molecule is Cc1cc(C(=O)N(C)Cc2ccc(Br)o2)on1. The Labute approximate surface area is 106 Å². The molecule has 0 saturated carbocycles. The Kier molecular flexibility index (Phi) is 3.33. The van der Waals surface area contributed by atoms with Crippen LogP contribution in [0.5, 0.6) is 0 Å². The zero-order valence-electron chi connectivity index (χ0n) is 9.44. The topological polar surface area (TPSA) is 59.5 Å². The summed E-state index contributed by atoms with van der Waals surface area (Å²) >= 11 is 3.21. The molecule has 0 radical (unpaired) electrons. The van der Waals surface area contributed by atoms with Gasteiger partial charge in [-0.1, -0.05) is 5.16 Å². The maximum atomic E-state index is 11.9. The number of halogens is 1. The van der Waals surface area contributed by atoms with Crippen molar-refractivity contribution in [3.63, 3.8) is 0 Å². The molecule has 6 heteroatoms. The molecule has 0 aliphatic rings. The van der Waals surface area contributed by atoms with E-state index in [1.54, 1.807) is 32.2 Å². The largest absolute Gasteiger partial charge is 0.452 e. The van der Waals surface area contributed by atoms with Crippen LogP contribution in [0.25, 0.3) is 0 Å². The first-order valence-electron chi connectivity index (χ1n) is 4.99. The van der Waals surface area contributed by atoms with Crippen LogP contribution in [-0.4, -0.2) is 23.0 Å². The van der Waals surface area contributed by atoms with E-state index in [0.29, 0.717) is 22.7 Å². The molecule has 2 heterocycles. The van der Waals surface area contributed by atoms with Gasteiger partial charge in [0.1, 0.15) is 5.76 Å². The monoisotopic (exact) mass is 298 g/mol. The second-order valence-electron chi connectivity index (χ2n) is 3.70. The lowest BCUT2D eigenvalue weighted by Crippen LogP contribution is -2.25. The number of aromatic nitrogens is 1. The lowest BCUT2D eigenvalue weighted by atomic mass is 10.3. The molecular weight excluding hydrogens is 288 g/mol. The van der Waals surface area contributed by atoms with Gasteiger partial charge in [-0.05, 0) is 35.0 Å². The molecule has 5 nitrogen and oxygen atoms in total. The number of aryl methyl sites for hydroxylation is 1. The van der Waals surface area contributed by atoms with E-state index in [0.717, 1.165) is 0 Å². The molecule has 0 aliphatic carbocycles. The van der Waals surface area contributed by atoms with E-state index in [-0.39, 0.29) is 11.7 Å². The summed E-state index contributed by atoms with van der Waals surface area (Å²) in [7, 11) is 1.68. The number of rotatable bonds is 3. The van der Waals surface area contributed by atoms with E-state index in [2.05, 4.69) is 21.1 Å². The zero-order chi connectivity index (χ0) is 12.4. The van der Waals surface area contributed by atoms with Crippen molar-refractivity contribution in [1.29, 1.82) is 0 Å². The summed E-state index contributed by atoms with van der Waals surface area (Å²) in [5.74, 6) is 0.706. The van der Waals surface area contributed by atoms with Crippen LogP contribution in [0.4, 0.5) is 0 Å². The summed E-state index contributed by atoms with van der Waals surface area (Å²) in [5, 5.41) is 3.68. The quantitative estimate of drug-likeness (QED) is 0.874. The van der Waals surface area contributed by atoms with Crippen LogP contribution in [0, 0.1) is 6.92 Å². The first-order chi connectivity index (χ1) is 8.06. The maximum Gasteiger partial charge on any atom is 0.292 e. The Bertz CT molecular complexity index is 532. The van der Waals surface area contributed by atoms with Gasteiger partial charge < -0.3 is 13.8 Å². The molecule has 1 amide bonds. The van der Waals surface area contributed by atoms with Crippen molar-refractivity contribution in [3.8, 4) is 0 Å². The molecule has 2 aromatic rings. The van der Waals surface area contributed by atoms with Gasteiger partial charge in [0.25, 0.3) is 5.91 Å². The number of hydrogen-bond donors (Lipinski definition) is 0. The van der Waals surface area contributed by atoms with Gasteiger partial charge >= 0.3 is 0 Å². The molecule has 0 aromatic carbocycles. The second kappa shape index (κ2) is 4.75. The second-order valence-corrected chi connectivity index (χ2v) is 4.48. The Hall–Kier alpha value is -1.56. The van der Waals surface area contributed by atoms with E-state index >= 15 is 0 Å². The van der Waals surface area contributed by atoms with Gasteiger partial charge in [-0.15, -0.1) is 0 Å². The molecule has 2 rings (SSSR count). The first kappa shape index (κ1) is 11.9. The molecule has 0 spiro atoms. The van der Waals surface area contributed by atoms with Crippen molar-refractivity contribution in [3.05, 3.63) is 40.1 Å².